The fraction of sp³-hybridized carbons (Fsp3) is 0.125. The molecule has 0 fully saturated rings. The summed E-state index contributed by atoms with van der Waals surface area (Å²) in [5.41, 5.74) is 3.91. The Hall–Kier alpha value is -1.55. The van der Waals surface area contributed by atoms with Gasteiger partial charge in [-0.3, -0.25) is 0 Å². The summed E-state index contributed by atoms with van der Waals surface area (Å²) in [6.45, 7) is 0. The molecular weight excluding hydrogens is 158 g/mol. The molecule has 0 aliphatic carbocycles. The Morgan fingerprint density at radius 1 is 1.42 bits per heavy atom. The van der Waals surface area contributed by atoms with Crippen molar-refractivity contribution >= 4 is 5.97 Å². The van der Waals surface area contributed by atoms with Crippen LogP contribution in [0.15, 0.2) is 24.3 Å². The summed E-state index contributed by atoms with van der Waals surface area (Å²) in [5.74, 6) is -1.12. The van der Waals surface area contributed by atoms with Gasteiger partial charge in [0.05, 0.1) is 0 Å². The second-order valence-corrected chi connectivity index (χ2v) is 2.46. The normalized spacial score (nSPS) is 12.4. The van der Waals surface area contributed by atoms with Crippen LogP contribution in [0.1, 0.15) is 11.6 Å². The average Bonchev–Trinajstić information content (AvgIpc) is 2.04. The molecule has 4 nitrogen and oxygen atoms in total. The number of benzene rings is 1. The van der Waals surface area contributed by atoms with Crippen LogP contribution in [0.25, 0.3) is 0 Å². The number of phenolic OH excluding ortho intramolecular Hbond substituents is 1. The van der Waals surface area contributed by atoms with Crippen molar-refractivity contribution in [3.05, 3.63) is 29.8 Å². The van der Waals surface area contributed by atoms with E-state index in [1.54, 1.807) is 0 Å². The van der Waals surface area contributed by atoms with Crippen molar-refractivity contribution in [2.75, 3.05) is 0 Å². The van der Waals surface area contributed by atoms with Crippen molar-refractivity contribution in [1.82, 2.24) is 0 Å². The van der Waals surface area contributed by atoms with Crippen LogP contribution in [0.2, 0.25) is 0 Å². The van der Waals surface area contributed by atoms with Crippen molar-refractivity contribution in [3.8, 4) is 5.75 Å². The highest BCUT2D eigenvalue weighted by Gasteiger charge is 2.09. The molecular formula is C8H9NO3. The molecule has 0 saturated carbocycles. The number of hydrogen-bond donors (Lipinski definition) is 2. The number of carbonyl (C=O) groups is 1. The largest absolute Gasteiger partial charge is 0.544 e. The lowest BCUT2D eigenvalue weighted by atomic mass is 10.1. The molecule has 0 aliphatic rings. The lowest BCUT2D eigenvalue weighted by Gasteiger charge is -2.08. The third kappa shape index (κ3) is 1.73. The number of hydrogen-bond acceptors (Lipinski definition) is 3. The molecule has 0 amide bonds. The molecule has 0 spiro atoms. The first-order valence-corrected chi connectivity index (χ1v) is 3.44. The summed E-state index contributed by atoms with van der Waals surface area (Å²) in [4.78, 5) is 10.3. The van der Waals surface area contributed by atoms with Crippen LogP contribution in [0.5, 0.6) is 5.75 Å². The number of carbonyl (C=O) groups excluding carboxylic acids is 1. The zero-order valence-corrected chi connectivity index (χ0v) is 6.36. The quantitative estimate of drug-likeness (QED) is 0.557. The molecule has 64 valence electrons. The van der Waals surface area contributed by atoms with Gasteiger partial charge in [0.2, 0.25) is 0 Å². The molecule has 4 heteroatoms. The van der Waals surface area contributed by atoms with Crippen LogP contribution in [-0.4, -0.2) is 11.1 Å². The molecule has 0 aromatic heterocycles. The predicted molar refractivity (Wildman–Crippen MR) is 38.7 cm³/mol. The first kappa shape index (κ1) is 8.55. The van der Waals surface area contributed by atoms with Gasteiger partial charge in [-0.2, -0.15) is 0 Å². The van der Waals surface area contributed by atoms with E-state index in [0.29, 0.717) is 5.56 Å². The van der Waals surface area contributed by atoms with Crippen LogP contribution in [0.4, 0.5) is 0 Å². The summed E-state index contributed by atoms with van der Waals surface area (Å²) in [6, 6.07) is 4.95. The number of carboxylic acid groups (broad SMARTS) is 1. The van der Waals surface area contributed by atoms with Crippen LogP contribution in [0.3, 0.4) is 0 Å². The summed E-state index contributed by atoms with van der Waals surface area (Å²) in [6.07, 6.45) is 0. The molecule has 12 heavy (non-hydrogen) atoms. The zero-order chi connectivity index (χ0) is 9.14. The summed E-state index contributed by atoms with van der Waals surface area (Å²) < 4.78 is 0. The first-order chi connectivity index (χ1) is 5.61. The lowest BCUT2D eigenvalue weighted by Crippen LogP contribution is -2.60. The Morgan fingerprint density at radius 3 is 2.33 bits per heavy atom. The molecule has 0 aliphatic heterocycles. The summed E-state index contributed by atoms with van der Waals surface area (Å²) in [7, 11) is 0. The Bertz CT molecular complexity index is 281. The van der Waals surface area contributed by atoms with E-state index >= 15 is 0 Å². The van der Waals surface area contributed by atoms with Gasteiger partial charge < -0.3 is 20.7 Å². The third-order valence-electron chi connectivity index (χ3n) is 1.58. The molecule has 1 atom stereocenters. The topological polar surface area (TPSA) is 88.0 Å². The molecule has 0 saturated heterocycles. The Labute approximate surface area is 69.3 Å². The minimum Gasteiger partial charge on any atom is -0.544 e. The van der Waals surface area contributed by atoms with Gasteiger partial charge in [-0.1, -0.05) is 0 Å². The minimum absolute atomic E-state index is 0.101. The zero-order valence-electron chi connectivity index (χ0n) is 6.36. The number of rotatable bonds is 2. The maximum absolute atomic E-state index is 10.3. The Balaban J connectivity index is 2.89. The molecule has 0 heterocycles. The molecule has 0 bridgehead atoms. The van der Waals surface area contributed by atoms with Crippen molar-refractivity contribution in [3.63, 3.8) is 0 Å². The van der Waals surface area contributed by atoms with Crippen LogP contribution < -0.4 is 10.8 Å². The van der Waals surface area contributed by atoms with Crippen molar-refractivity contribution in [2.24, 2.45) is 0 Å². The molecule has 0 radical (unpaired) electrons. The van der Waals surface area contributed by atoms with Gasteiger partial charge in [0, 0.05) is 5.56 Å². The van der Waals surface area contributed by atoms with E-state index in [-0.39, 0.29) is 5.75 Å². The van der Waals surface area contributed by atoms with E-state index in [1.165, 1.54) is 24.3 Å². The average molecular weight is 167 g/mol. The number of carboxylic acids is 1. The SMILES string of the molecule is [NH3+][C@@H](C(=O)[O-])c1ccc(O)cc1. The Morgan fingerprint density at radius 2 is 1.92 bits per heavy atom. The van der Waals surface area contributed by atoms with E-state index in [9.17, 15) is 9.90 Å². The van der Waals surface area contributed by atoms with Crippen LogP contribution in [-0.2, 0) is 4.79 Å². The van der Waals surface area contributed by atoms with Gasteiger partial charge in [0.25, 0.3) is 0 Å². The van der Waals surface area contributed by atoms with Gasteiger partial charge >= 0.3 is 0 Å². The van der Waals surface area contributed by atoms with E-state index in [2.05, 4.69) is 5.73 Å². The monoisotopic (exact) mass is 167 g/mol. The van der Waals surface area contributed by atoms with Crippen LogP contribution in [0, 0.1) is 0 Å². The first-order valence-electron chi connectivity index (χ1n) is 3.44. The molecule has 1 rings (SSSR count). The second-order valence-electron chi connectivity index (χ2n) is 2.46. The molecule has 0 unspecified atom stereocenters. The lowest BCUT2D eigenvalue weighted by molar-refractivity contribution is -0.443. The fourth-order valence-electron chi connectivity index (χ4n) is 0.843. The number of aliphatic carboxylic acids is 1. The highest BCUT2D eigenvalue weighted by Crippen LogP contribution is 2.13. The maximum atomic E-state index is 10.3. The van der Waals surface area contributed by atoms with Gasteiger partial charge in [0.1, 0.15) is 11.7 Å². The summed E-state index contributed by atoms with van der Waals surface area (Å²) in [5, 5.41) is 19.2. The van der Waals surface area contributed by atoms with Gasteiger partial charge in [-0.25, -0.2) is 0 Å². The maximum Gasteiger partial charge on any atom is 0.150 e. The van der Waals surface area contributed by atoms with Gasteiger partial charge in [-0.15, -0.1) is 0 Å². The second kappa shape index (κ2) is 3.23. The van der Waals surface area contributed by atoms with Crippen molar-refractivity contribution in [1.29, 1.82) is 0 Å². The van der Waals surface area contributed by atoms with E-state index < -0.39 is 12.0 Å². The van der Waals surface area contributed by atoms with Crippen molar-refractivity contribution in [2.45, 2.75) is 6.04 Å². The highest BCUT2D eigenvalue weighted by molar-refractivity contribution is 5.71. The van der Waals surface area contributed by atoms with Gasteiger partial charge in [-0.05, 0) is 24.3 Å². The summed E-state index contributed by atoms with van der Waals surface area (Å²) >= 11 is 0. The minimum atomic E-state index is -1.22. The smallest absolute Gasteiger partial charge is 0.150 e. The third-order valence-corrected chi connectivity index (χ3v) is 1.58. The van der Waals surface area contributed by atoms with E-state index in [4.69, 9.17) is 5.11 Å². The predicted octanol–water partition coefficient (Wildman–Crippen LogP) is -1.57. The highest BCUT2D eigenvalue weighted by atomic mass is 16.4. The Kier molecular flexibility index (Phi) is 2.30. The molecule has 1 aromatic carbocycles. The van der Waals surface area contributed by atoms with E-state index in [1.807, 2.05) is 0 Å². The van der Waals surface area contributed by atoms with Crippen molar-refractivity contribution < 1.29 is 20.7 Å². The van der Waals surface area contributed by atoms with E-state index in [0.717, 1.165) is 0 Å². The van der Waals surface area contributed by atoms with Gasteiger partial charge in [0.15, 0.2) is 6.04 Å². The van der Waals surface area contributed by atoms with Crippen LogP contribution >= 0.6 is 0 Å². The molecule has 4 N–H and O–H groups in total. The number of quaternary nitrogens is 1. The fourth-order valence-corrected chi connectivity index (χ4v) is 0.843. The number of aromatic hydroxyl groups is 1. The molecule has 1 aromatic rings. The standard InChI is InChI=1S/C8H9NO3/c9-7(8(11)12)5-1-3-6(10)4-2-5/h1-4,7,10H,9H2,(H,11,12)/t7-/m1/s1. The number of phenols is 1.